The van der Waals surface area contributed by atoms with Gasteiger partial charge in [0, 0.05) is 24.8 Å². The Morgan fingerprint density at radius 2 is 1.74 bits per heavy atom. The van der Waals surface area contributed by atoms with E-state index in [-0.39, 0.29) is 17.7 Å². The normalized spacial score (nSPS) is 19.2. The lowest BCUT2D eigenvalue weighted by molar-refractivity contribution is -0.119. The van der Waals surface area contributed by atoms with Gasteiger partial charge in [-0.3, -0.25) is 9.59 Å². The van der Waals surface area contributed by atoms with Crippen LogP contribution in [0.25, 0.3) is 0 Å². The third-order valence-electron chi connectivity index (χ3n) is 3.23. The maximum absolute atomic E-state index is 12.0. The quantitative estimate of drug-likeness (QED) is 0.867. The topological polar surface area (TPSA) is 61.4 Å². The predicted octanol–water partition coefficient (Wildman–Crippen LogP) is 1.54. The van der Waals surface area contributed by atoms with Crippen LogP contribution in [-0.4, -0.2) is 36.9 Å². The number of carbonyl (C=O) groups is 2. The van der Waals surface area contributed by atoms with Crippen molar-refractivity contribution >= 4 is 23.2 Å². The molecule has 0 aromatic heterocycles. The van der Waals surface area contributed by atoms with E-state index in [4.69, 9.17) is 0 Å². The van der Waals surface area contributed by atoms with Crippen molar-refractivity contribution in [3.8, 4) is 0 Å². The first-order chi connectivity index (χ1) is 9.04. The summed E-state index contributed by atoms with van der Waals surface area (Å²) in [6, 6.07) is 7.14. The summed E-state index contributed by atoms with van der Waals surface area (Å²) in [5, 5.41) is 5.59. The van der Waals surface area contributed by atoms with E-state index in [2.05, 4.69) is 15.5 Å². The smallest absolute Gasteiger partial charge is 0.228 e. The molecule has 1 aliphatic heterocycles. The van der Waals surface area contributed by atoms with Crippen LogP contribution in [0.15, 0.2) is 24.3 Å². The Morgan fingerprint density at radius 1 is 1.16 bits per heavy atom. The average molecular weight is 261 g/mol. The molecule has 1 atom stereocenters. The van der Waals surface area contributed by atoms with E-state index in [1.54, 1.807) is 24.3 Å². The second-order valence-electron chi connectivity index (χ2n) is 5.00. The van der Waals surface area contributed by atoms with Crippen LogP contribution < -0.4 is 10.6 Å². The van der Waals surface area contributed by atoms with Crippen LogP contribution in [0.5, 0.6) is 0 Å². The minimum Gasteiger partial charge on any atom is -0.326 e. The van der Waals surface area contributed by atoms with E-state index >= 15 is 0 Å². The van der Waals surface area contributed by atoms with Crippen molar-refractivity contribution in [3.63, 3.8) is 0 Å². The molecule has 1 aromatic rings. The lowest BCUT2D eigenvalue weighted by Crippen LogP contribution is -2.25. The van der Waals surface area contributed by atoms with Gasteiger partial charge in [-0.2, -0.15) is 0 Å². The number of hydrogen-bond acceptors (Lipinski definition) is 3. The van der Waals surface area contributed by atoms with Crippen molar-refractivity contribution in [2.75, 3.05) is 30.8 Å². The Kier molecular flexibility index (Phi) is 4.16. The number of carbonyl (C=O) groups excluding carboxylic acids is 2. The van der Waals surface area contributed by atoms with Gasteiger partial charge in [-0.15, -0.1) is 0 Å². The number of benzene rings is 1. The van der Waals surface area contributed by atoms with Gasteiger partial charge >= 0.3 is 0 Å². The Balaban J connectivity index is 1.92. The Bertz CT molecular complexity index is 470. The zero-order valence-corrected chi connectivity index (χ0v) is 11.3. The van der Waals surface area contributed by atoms with Crippen molar-refractivity contribution in [1.82, 2.24) is 4.90 Å². The summed E-state index contributed by atoms with van der Waals surface area (Å²) in [6.07, 6.45) is 0.909. The van der Waals surface area contributed by atoms with Crippen LogP contribution in [0.3, 0.4) is 0 Å². The van der Waals surface area contributed by atoms with E-state index in [0.29, 0.717) is 0 Å². The second-order valence-corrected chi connectivity index (χ2v) is 5.00. The largest absolute Gasteiger partial charge is 0.326 e. The molecule has 1 aliphatic rings. The van der Waals surface area contributed by atoms with Crippen LogP contribution in [0, 0.1) is 5.92 Å². The number of rotatable bonds is 3. The zero-order chi connectivity index (χ0) is 13.8. The maximum atomic E-state index is 12.0. The van der Waals surface area contributed by atoms with Crippen molar-refractivity contribution in [2.24, 2.45) is 5.92 Å². The van der Waals surface area contributed by atoms with Gasteiger partial charge in [0.05, 0.1) is 5.92 Å². The minimum absolute atomic E-state index is 0.0663. The average Bonchev–Trinajstić information content (AvgIpc) is 2.78. The summed E-state index contributed by atoms with van der Waals surface area (Å²) in [6.45, 7) is 3.25. The number of hydrogen-bond donors (Lipinski definition) is 2. The molecule has 1 saturated heterocycles. The molecule has 1 unspecified atom stereocenters. The van der Waals surface area contributed by atoms with Gasteiger partial charge in [0.25, 0.3) is 0 Å². The Labute approximate surface area is 113 Å². The first-order valence-electron chi connectivity index (χ1n) is 6.41. The Hall–Kier alpha value is -1.88. The first-order valence-corrected chi connectivity index (χ1v) is 6.41. The molecule has 0 bridgehead atoms. The van der Waals surface area contributed by atoms with E-state index in [9.17, 15) is 9.59 Å². The molecule has 2 N–H and O–H groups in total. The van der Waals surface area contributed by atoms with Crippen LogP contribution in [0.2, 0.25) is 0 Å². The number of amides is 2. The molecular weight excluding hydrogens is 242 g/mol. The first kappa shape index (κ1) is 13.5. The molecule has 1 fully saturated rings. The highest BCUT2D eigenvalue weighted by Crippen LogP contribution is 2.18. The van der Waals surface area contributed by atoms with Crippen molar-refractivity contribution in [1.29, 1.82) is 0 Å². The SMILES string of the molecule is CC(=O)Nc1ccc(NC(=O)C2CCN(C)C2)cc1. The molecule has 0 saturated carbocycles. The van der Waals surface area contributed by atoms with Crippen molar-refractivity contribution < 1.29 is 9.59 Å². The molecule has 0 spiro atoms. The highest BCUT2D eigenvalue weighted by Gasteiger charge is 2.25. The van der Waals surface area contributed by atoms with Gasteiger partial charge in [0.15, 0.2) is 0 Å². The summed E-state index contributed by atoms with van der Waals surface area (Å²) >= 11 is 0. The molecule has 5 heteroatoms. The Morgan fingerprint density at radius 3 is 2.21 bits per heavy atom. The van der Waals surface area contributed by atoms with Gasteiger partial charge in [-0.1, -0.05) is 0 Å². The third-order valence-corrected chi connectivity index (χ3v) is 3.23. The standard InChI is InChI=1S/C14H19N3O2/c1-10(18)15-12-3-5-13(6-4-12)16-14(19)11-7-8-17(2)9-11/h3-6,11H,7-9H2,1-2H3,(H,15,18)(H,16,19). The second kappa shape index (κ2) is 5.84. The molecule has 19 heavy (non-hydrogen) atoms. The fraction of sp³-hybridized carbons (Fsp3) is 0.429. The fourth-order valence-electron chi connectivity index (χ4n) is 2.23. The lowest BCUT2D eigenvalue weighted by Gasteiger charge is -2.11. The minimum atomic E-state index is -0.106. The number of likely N-dealkylation sites (tertiary alicyclic amines) is 1. The van der Waals surface area contributed by atoms with Gasteiger partial charge in [0.1, 0.15) is 0 Å². The summed E-state index contributed by atoms with van der Waals surface area (Å²) < 4.78 is 0. The summed E-state index contributed by atoms with van der Waals surface area (Å²) in [5.41, 5.74) is 1.49. The number of anilines is 2. The molecule has 2 rings (SSSR count). The number of nitrogens with zero attached hydrogens (tertiary/aromatic N) is 1. The van der Waals surface area contributed by atoms with Gasteiger partial charge in [-0.05, 0) is 44.3 Å². The van der Waals surface area contributed by atoms with Crippen molar-refractivity contribution in [3.05, 3.63) is 24.3 Å². The molecule has 0 aliphatic carbocycles. The van der Waals surface area contributed by atoms with Gasteiger partial charge in [0.2, 0.25) is 11.8 Å². The lowest BCUT2D eigenvalue weighted by atomic mass is 10.1. The summed E-state index contributed by atoms with van der Waals surface area (Å²) in [7, 11) is 2.02. The zero-order valence-electron chi connectivity index (χ0n) is 11.3. The van der Waals surface area contributed by atoms with Gasteiger partial charge < -0.3 is 15.5 Å². The van der Waals surface area contributed by atoms with E-state index in [1.165, 1.54) is 6.92 Å². The molecule has 2 amide bonds. The predicted molar refractivity (Wildman–Crippen MR) is 75.0 cm³/mol. The monoisotopic (exact) mass is 261 g/mol. The van der Waals surface area contributed by atoms with Crippen LogP contribution in [0.4, 0.5) is 11.4 Å². The molecule has 5 nitrogen and oxygen atoms in total. The van der Waals surface area contributed by atoms with Crippen LogP contribution in [0.1, 0.15) is 13.3 Å². The molecule has 102 valence electrons. The van der Waals surface area contributed by atoms with Crippen LogP contribution in [-0.2, 0) is 9.59 Å². The fourth-order valence-corrected chi connectivity index (χ4v) is 2.23. The molecule has 1 aromatic carbocycles. The third kappa shape index (κ3) is 3.79. The van der Waals surface area contributed by atoms with E-state index in [1.807, 2.05) is 7.05 Å². The van der Waals surface area contributed by atoms with Gasteiger partial charge in [-0.25, -0.2) is 0 Å². The van der Waals surface area contributed by atoms with Crippen molar-refractivity contribution in [2.45, 2.75) is 13.3 Å². The molecule has 1 heterocycles. The maximum Gasteiger partial charge on any atom is 0.228 e. The highest BCUT2D eigenvalue weighted by molar-refractivity contribution is 5.93. The van der Waals surface area contributed by atoms with Crippen LogP contribution >= 0.6 is 0 Å². The highest BCUT2D eigenvalue weighted by atomic mass is 16.2. The van der Waals surface area contributed by atoms with E-state index < -0.39 is 0 Å². The molecular formula is C14H19N3O2. The summed E-state index contributed by atoms with van der Waals surface area (Å²) in [5.74, 6) is 0.0300. The number of nitrogens with one attached hydrogen (secondary N) is 2. The van der Waals surface area contributed by atoms with E-state index in [0.717, 1.165) is 30.9 Å². The summed E-state index contributed by atoms with van der Waals surface area (Å²) in [4.78, 5) is 25.1. The molecule has 0 radical (unpaired) electrons.